The van der Waals surface area contributed by atoms with E-state index in [1.54, 1.807) is 10.4 Å². The number of pyridine rings is 1. The van der Waals surface area contributed by atoms with Gasteiger partial charge in [0.25, 0.3) is 0 Å². The van der Waals surface area contributed by atoms with Crippen LogP contribution in [-0.2, 0) is 17.3 Å². The number of thiophene rings is 1. The fraction of sp³-hybridized carbons (Fsp3) is 0.346. The minimum absolute atomic E-state index is 0.0860. The molecule has 5 rings (SSSR count). The van der Waals surface area contributed by atoms with Gasteiger partial charge in [-0.05, 0) is 69.2 Å². The summed E-state index contributed by atoms with van der Waals surface area (Å²) in [6.45, 7) is 11.7. The van der Waals surface area contributed by atoms with Crippen molar-refractivity contribution in [3.63, 3.8) is 0 Å². The maximum Gasteiger partial charge on any atom is 0.0880 e. The van der Waals surface area contributed by atoms with Crippen molar-refractivity contribution in [3.05, 3.63) is 64.7 Å². The molecule has 1 nitrogen and oxygen atoms in total. The largest absolute Gasteiger partial charge is 0.255 e. The van der Waals surface area contributed by atoms with Crippen LogP contribution in [0.3, 0.4) is 0 Å². The first kappa shape index (κ1) is 17.9. The van der Waals surface area contributed by atoms with E-state index in [2.05, 4.69) is 77.1 Å². The van der Waals surface area contributed by atoms with E-state index in [0.29, 0.717) is 0 Å². The lowest BCUT2D eigenvalue weighted by Crippen LogP contribution is -2.12. The Morgan fingerprint density at radius 1 is 1.00 bits per heavy atom. The fourth-order valence-corrected chi connectivity index (χ4v) is 6.18. The van der Waals surface area contributed by atoms with Crippen molar-refractivity contribution in [2.45, 2.75) is 58.3 Å². The van der Waals surface area contributed by atoms with Gasteiger partial charge in [0.1, 0.15) is 0 Å². The second kappa shape index (κ2) is 5.90. The Morgan fingerprint density at radius 3 is 2.57 bits per heavy atom. The molecule has 142 valence electrons. The van der Waals surface area contributed by atoms with Crippen LogP contribution >= 0.6 is 11.3 Å². The fourth-order valence-electron chi connectivity index (χ4n) is 4.69. The molecule has 0 amide bonds. The third-order valence-electron chi connectivity index (χ3n) is 6.27. The number of aromatic nitrogens is 1. The first-order chi connectivity index (χ1) is 13.3. The Kier molecular flexibility index (Phi) is 3.77. The standard InChI is InChI=1S/C26H27NS/c1-25(2,3)21-15-17(14-16-8-6-7-9-18(16)21)22-23-19(11-13-27-22)20-10-12-26(4,5)24(20)28-23/h6-9,11,13-15H,10,12H2,1-5H3. The summed E-state index contributed by atoms with van der Waals surface area (Å²) in [4.78, 5) is 6.44. The van der Waals surface area contributed by atoms with Crippen LogP contribution in [0.15, 0.2) is 48.7 Å². The van der Waals surface area contributed by atoms with Gasteiger partial charge in [-0.3, -0.25) is 4.98 Å². The number of rotatable bonds is 1. The molecule has 1 aliphatic carbocycles. The summed E-state index contributed by atoms with van der Waals surface area (Å²) in [6.07, 6.45) is 4.45. The van der Waals surface area contributed by atoms with Gasteiger partial charge in [0, 0.05) is 16.6 Å². The number of benzene rings is 2. The molecule has 0 N–H and O–H groups in total. The lowest BCUT2D eigenvalue weighted by molar-refractivity contribution is 0.530. The molecule has 2 heteroatoms. The van der Waals surface area contributed by atoms with Crippen molar-refractivity contribution < 1.29 is 0 Å². The maximum atomic E-state index is 4.88. The quantitative estimate of drug-likeness (QED) is 0.328. The number of aryl methyl sites for hydroxylation is 1. The SMILES string of the molecule is CC(C)(C)c1cc(-c2nccc3c4c(sc23)C(C)(C)CC4)cc2ccccc12. The van der Waals surface area contributed by atoms with E-state index < -0.39 is 0 Å². The molecular formula is C26H27NS. The normalized spacial score (nSPS) is 16.0. The number of fused-ring (bicyclic) bond motifs is 4. The molecule has 0 spiro atoms. The molecule has 0 saturated heterocycles. The van der Waals surface area contributed by atoms with E-state index in [1.807, 2.05) is 17.5 Å². The molecular weight excluding hydrogens is 358 g/mol. The van der Waals surface area contributed by atoms with Gasteiger partial charge in [0.15, 0.2) is 0 Å². The summed E-state index contributed by atoms with van der Waals surface area (Å²) < 4.78 is 1.36. The summed E-state index contributed by atoms with van der Waals surface area (Å²) in [5, 5.41) is 4.06. The van der Waals surface area contributed by atoms with E-state index in [9.17, 15) is 0 Å². The zero-order chi connectivity index (χ0) is 19.7. The molecule has 0 bridgehead atoms. The first-order valence-electron chi connectivity index (χ1n) is 10.2. The van der Waals surface area contributed by atoms with Gasteiger partial charge in [-0.15, -0.1) is 11.3 Å². The second-order valence-corrected chi connectivity index (χ2v) is 10.8. The highest BCUT2D eigenvalue weighted by atomic mass is 32.1. The number of hydrogen-bond donors (Lipinski definition) is 0. The second-order valence-electron chi connectivity index (χ2n) is 9.82. The molecule has 0 saturated carbocycles. The Labute approximate surface area is 171 Å². The number of hydrogen-bond acceptors (Lipinski definition) is 2. The monoisotopic (exact) mass is 385 g/mol. The highest BCUT2D eigenvalue weighted by molar-refractivity contribution is 7.20. The van der Waals surface area contributed by atoms with Crippen LogP contribution < -0.4 is 0 Å². The van der Waals surface area contributed by atoms with E-state index in [4.69, 9.17) is 4.98 Å². The van der Waals surface area contributed by atoms with Gasteiger partial charge >= 0.3 is 0 Å². The van der Waals surface area contributed by atoms with Gasteiger partial charge in [-0.1, -0.05) is 58.9 Å². The van der Waals surface area contributed by atoms with Crippen molar-refractivity contribution in [1.29, 1.82) is 0 Å². The van der Waals surface area contributed by atoms with Gasteiger partial charge in [-0.2, -0.15) is 0 Å². The molecule has 1 aliphatic rings. The summed E-state index contributed by atoms with van der Waals surface area (Å²) in [5.41, 5.74) is 5.71. The van der Waals surface area contributed by atoms with Crippen molar-refractivity contribution in [2.24, 2.45) is 0 Å². The highest BCUT2D eigenvalue weighted by Gasteiger charge is 2.34. The Balaban J connectivity index is 1.81. The topological polar surface area (TPSA) is 12.9 Å². The number of nitrogens with zero attached hydrogens (tertiary/aromatic N) is 1. The molecule has 2 aromatic carbocycles. The van der Waals surface area contributed by atoms with Crippen LogP contribution in [0, 0.1) is 0 Å². The summed E-state index contributed by atoms with van der Waals surface area (Å²) in [7, 11) is 0. The van der Waals surface area contributed by atoms with Gasteiger partial charge in [-0.25, -0.2) is 0 Å². The van der Waals surface area contributed by atoms with Crippen molar-refractivity contribution >= 4 is 32.2 Å². The maximum absolute atomic E-state index is 4.88. The van der Waals surface area contributed by atoms with E-state index in [-0.39, 0.29) is 10.8 Å². The van der Waals surface area contributed by atoms with Crippen LogP contribution in [0.5, 0.6) is 0 Å². The third kappa shape index (κ3) is 2.62. The Hall–Kier alpha value is -2.19. The summed E-state index contributed by atoms with van der Waals surface area (Å²) in [6, 6.07) is 15.7. The van der Waals surface area contributed by atoms with Gasteiger partial charge < -0.3 is 0 Å². The van der Waals surface area contributed by atoms with Crippen molar-refractivity contribution in [2.75, 3.05) is 0 Å². The average molecular weight is 386 g/mol. The van der Waals surface area contributed by atoms with Gasteiger partial charge in [0.05, 0.1) is 10.4 Å². The Bertz CT molecular complexity index is 1220. The van der Waals surface area contributed by atoms with E-state index >= 15 is 0 Å². The van der Waals surface area contributed by atoms with Crippen LogP contribution in [0.2, 0.25) is 0 Å². The molecule has 2 aromatic heterocycles. The van der Waals surface area contributed by atoms with Crippen LogP contribution in [0.4, 0.5) is 0 Å². The summed E-state index contributed by atoms with van der Waals surface area (Å²) >= 11 is 1.97. The molecule has 0 fully saturated rings. The minimum Gasteiger partial charge on any atom is -0.255 e. The smallest absolute Gasteiger partial charge is 0.0880 e. The van der Waals surface area contributed by atoms with Crippen molar-refractivity contribution in [3.8, 4) is 11.3 Å². The van der Waals surface area contributed by atoms with Gasteiger partial charge in [0.2, 0.25) is 0 Å². The van der Waals surface area contributed by atoms with E-state index in [0.717, 1.165) is 5.69 Å². The molecule has 0 atom stereocenters. The molecule has 0 radical (unpaired) electrons. The lowest BCUT2D eigenvalue weighted by atomic mass is 9.82. The molecule has 28 heavy (non-hydrogen) atoms. The van der Waals surface area contributed by atoms with Crippen LogP contribution in [0.1, 0.15) is 57.0 Å². The summed E-state index contributed by atoms with van der Waals surface area (Å²) in [5.74, 6) is 0. The zero-order valence-corrected chi connectivity index (χ0v) is 18.2. The van der Waals surface area contributed by atoms with Crippen LogP contribution in [0.25, 0.3) is 32.1 Å². The molecule has 4 aromatic rings. The molecule has 2 heterocycles. The predicted octanol–water partition coefficient (Wildman–Crippen LogP) is 7.64. The first-order valence-corrected chi connectivity index (χ1v) is 11.0. The minimum atomic E-state index is 0.0860. The van der Waals surface area contributed by atoms with Crippen molar-refractivity contribution in [1.82, 2.24) is 4.98 Å². The molecule has 0 aliphatic heterocycles. The predicted molar refractivity (Wildman–Crippen MR) is 123 cm³/mol. The zero-order valence-electron chi connectivity index (χ0n) is 17.4. The van der Waals surface area contributed by atoms with E-state index in [1.165, 1.54) is 44.8 Å². The molecule has 0 unspecified atom stereocenters. The highest BCUT2D eigenvalue weighted by Crippen LogP contribution is 2.49. The Morgan fingerprint density at radius 2 is 1.79 bits per heavy atom. The average Bonchev–Trinajstić information content (AvgIpc) is 3.17. The van der Waals surface area contributed by atoms with Crippen LogP contribution in [-0.4, -0.2) is 4.98 Å². The lowest BCUT2D eigenvalue weighted by Gasteiger charge is -2.23. The third-order valence-corrected chi connectivity index (χ3v) is 7.89.